The Kier molecular flexibility index (Phi) is 52.9. The summed E-state index contributed by atoms with van der Waals surface area (Å²) in [7, 11) is 1.33. The number of aliphatic hydroxyl groups is 1. The van der Waals surface area contributed by atoms with E-state index in [1.54, 1.807) is 0 Å². The Hall–Kier alpha value is -0.500. The first-order valence-corrected chi connectivity index (χ1v) is 32.8. The van der Waals surface area contributed by atoms with E-state index < -0.39 is 20.0 Å². The minimum Gasteiger partial charge on any atom is -0.756 e. The van der Waals surface area contributed by atoms with Crippen molar-refractivity contribution < 1.29 is 32.9 Å². The smallest absolute Gasteiger partial charge is 0.268 e. The van der Waals surface area contributed by atoms with E-state index in [1.165, 1.54) is 270 Å². The number of phosphoric acid groups is 1. The number of nitrogens with one attached hydrogen (secondary N) is 1. The molecule has 0 bridgehead atoms. The van der Waals surface area contributed by atoms with E-state index in [0.29, 0.717) is 23.9 Å². The predicted octanol–water partition coefficient (Wildman–Crippen LogP) is 18.6. The van der Waals surface area contributed by atoms with Gasteiger partial charge in [-0.25, -0.2) is 0 Å². The van der Waals surface area contributed by atoms with Crippen LogP contribution in [0.25, 0.3) is 0 Å². The van der Waals surface area contributed by atoms with Gasteiger partial charge in [0.2, 0.25) is 5.91 Å². The maximum absolute atomic E-state index is 13.0. The van der Waals surface area contributed by atoms with Crippen molar-refractivity contribution >= 4 is 13.7 Å². The third kappa shape index (κ3) is 55.3. The van der Waals surface area contributed by atoms with Crippen LogP contribution >= 0.6 is 7.82 Å². The number of hydrogen-bond acceptors (Lipinski definition) is 6. The topological polar surface area (TPSA) is 108 Å². The molecule has 0 saturated heterocycles. The molecule has 0 radical (unpaired) electrons. The molecule has 0 aromatic rings. The number of nitrogens with zero attached hydrogens (tertiary/aromatic N) is 1. The molecule has 0 rings (SSSR count). The summed E-state index contributed by atoms with van der Waals surface area (Å²) in [6.45, 7) is 4.79. The Bertz CT molecular complexity index is 1100. The summed E-state index contributed by atoms with van der Waals surface area (Å²) in [6, 6.07) is -0.795. The normalized spacial score (nSPS) is 13.8. The van der Waals surface area contributed by atoms with Crippen molar-refractivity contribution in [1.29, 1.82) is 0 Å². The van der Waals surface area contributed by atoms with Crippen LogP contribution in [0.15, 0.2) is 0 Å². The molecule has 1 amide bonds. The molecule has 420 valence electrons. The van der Waals surface area contributed by atoms with Gasteiger partial charge in [-0.1, -0.05) is 316 Å². The van der Waals surface area contributed by atoms with Gasteiger partial charge < -0.3 is 28.8 Å². The summed E-state index contributed by atoms with van der Waals surface area (Å²) >= 11 is 0. The average molecular weight is 1010 g/mol. The highest BCUT2D eigenvalue weighted by atomic mass is 31.2. The molecule has 0 aliphatic rings. The average Bonchev–Trinajstić information content (AvgIpc) is 3.32. The lowest BCUT2D eigenvalue weighted by atomic mass is 10.0. The third-order valence-electron chi connectivity index (χ3n) is 14.8. The molecule has 0 saturated carbocycles. The van der Waals surface area contributed by atoms with E-state index in [2.05, 4.69) is 19.2 Å². The van der Waals surface area contributed by atoms with Gasteiger partial charge in [-0.05, 0) is 12.8 Å². The number of amides is 1. The lowest BCUT2D eigenvalue weighted by molar-refractivity contribution is -0.870. The molecule has 3 unspecified atom stereocenters. The number of rotatable bonds is 59. The van der Waals surface area contributed by atoms with Crippen molar-refractivity contribution in [3.8, 4) is 0 Å². The van der Waals surface area contributed by atoms with Gasteiger partial charge in [-0.2, -0.15) is 0 Å². The zero-order valence-corrected chi connectivity index (χ0v) is 48.9. The number of carbonyl (C=O) groups excluding carboxylic acids is 1. The summed E-state index contributed by atoms with van der Waals surface area (Å²) < 4.78 is 23.5. The van der Waals surface area contributed by atoms with Crippen molar-refractivity contribution in [1.82, 2.24) is 5.32 Å². The van der Waals surface area contributed by atoms with Crippen LogP contribution in [-0.4, -0.2) is 68.5 Å². The number of aliphatic hydroxyl groups excluding tert-OH is 1. The molecule has 9 heteroatoms. The number of likely N-dealkylation sites (N-methyl/N-ethyl adjacent to an activating group) is 1. The molecular weight excluding hydrogens is 888 g/mol. The highest BCUT2D eigenvalue weighted by molar-refractivity contribution is 7.45. The molecule has 0 aliphatic carbocycles. The Morgan fingerprint density at radius 2 is 0.700 bits per heavy atom. The summed E-state index contributed by atoms with van der Waals surface area (Å²) in [5.74, 6) is -0.155. The van der Waals surface area contributed by atoms with Crippen LogP contribution in [-0.2, 0) is 18.4 Å². The van der Waals surface area contributed by atoms with Crippen molar-refractivity contribution in [2.45, 2.75) is 347 Å². The van der Waals surface area contributed by atoms with Crippen molar-refractivity contribution in [3.05, 3.63) is 0 Å². The van der Waals surface area contributed by atoms with Gasteiger partial charge in [-0.15, -0.1) is 0 Å². The fourth-order valence-corrected chi connectivity index (χ4v) is 10.7. The Labute approximate surface area is 438 Å². The van der Waals surface area contributed by atoms with Gasteiger partial charge in [0.25, 0.3) is 7.82 Å². The molecular formula is C61H125N2O6P. The Morgan fingerprint density at radius 3 is 0.971 bits per heavy atom. The van der Waals surface area contributed by atoms with E-state index in [4.69, 9.17) is 9.05 Å². The first kappa shape index (κ1) is 69.5. The highest BCUT2D eigenvalue weighted by Gasteiger charge is 2.24. The molecule has 3 atom stereocenters. The zero-order valence-electron chi connectivity index (χ0n) is 48.0. The van der Waals surface area contributed by atoms with Crippen LogP contribution < -0.4 is 10.2 Å². The van der Waals surface area contributed by atoms with Crippen LogP contribution in [0.2, 0.25) is 0 Å². The molecule has 2 N–H and O–H groups in total. The standard InChI is InChI=1S/C61H125N2O6P/c1-6-8-10-12-14-16-18-20-22-24-26-27-28-29-30-31-32-33-34-35-37-39-41-43-45-47-49-51-53-55-61(65)62-59(58-69-70(66,67)68-57-56-63(3,4)5)60(64)54-52-50-48-46-44-42-40-38-36-25-23-21-19-17-15-13-11-9-7-2/h59-60,64H,6-58H2,1-5H3,(H-,62,65,66,67). The number of phosphoric ester groups is 1. The second-order valence-corrected chi connectivity index (χ2v) is 24.5. The lowest BCUT2D eigenvalue weighted by Crippen LogP contribution is -2.46. The molecule has 0 aliphatic heterocycles. The van der Waals surface area contributed by atoms with Crippen LogP contribution in [0.3, 0.4) is 0 Å². The molecule has 0 aromatic heterocycles. The maximum Gasteiger partial charge on any atom is 0.268 e. The minimum absolute atomic E-state index is 0.0167. The van der Waals surface area contributed by atoms with E-state index >= 15 is 0 Å². The molecule has 0 heterocycles. The molecule has 70 heavy (non-hydrogen) atoms. The van der Waals surface area contributed by atoms with E-state index in [0.717, 1.165) is 38.5 Å². The Morgan fingerprint density at radius 1 is 0.443 bits per heavy atom. The van der Waals surface area contributed by atoms with Crippen molar-refractivity contribution in [2.24, 2.45) is 0 Å². The summed E-state index contributed by atoms with van der Waals surface area (Å²) in [6.07, 6.45) is 64.4. The predicted molar refractivity (Wildman–Crippen MR) is 303 cm³/mol. The second kappa shape index (κ2) is 53.3. The second-order valence-electron chi connectivity index (χ2n) is 23.1. The number of unbranched alkanes of at least 4 members (excludes halogenated alkanes) is 46. The summed E-state index contributed by atoms with van der Waals surface area (Å²) in [4.78, 5) is 25.6. The van der Waals surface area contributed by atoms with Crippen LogP contribution in [0.5, 0.6) is 0 Å². The van der Waals surface area contributed by atoms with Crippen molar-refractivity contribution in [2.75, 3.05) is 40.9 Å². The third-order valence-corrected chi connectivity index (χ3v) is 15.8. The number of hydrogen-bond donors (Lipinski definition) is 2. The van der Waals surface area contributed by atoms with Crippen molar-refractivity contribution in [3.63, 3.8) is 0 Å². The van der Waals surface area contributed by atoms with Gasteiger partial charge in [0.1, 0.15) is 13.2 Å². The molecule has 0 fully saturated rings. The van der Waals surface area contributed by atoms with Gasteiger partial charge >= 0.3 is 0 Å². The fourth-order valence-electron chi connectivity index (χ4n) is 9.93. The van der Waals surface area contributed by atoms with Crippen LogP contribution in [0.1, 0.15) is 335 Å². The maximum atomic E-state index is 13.0. The molecule has 0 aromatic carbocycles. The first-order chi connectivity index (χ1) is 34.0. The quantitative estimate of drug-likeness (QED) is 0.0357. The zero-order chi connectivity index (χ0) is 51.3. The van der Waals surface area contributed by atoms with E-state index in [9.17, 15) is 19.4 Å². The molecule has 8 nitrogen and oxygen atoms in total. The largest absolute Gasteiger partial charge is 0.756 e. The summed E-state index contributed by atoms with van der Waals surface area (Å²) in [5, 5.41) is 14.1. The number of quaternary nitrogens is 1. The van der Waals surface area contributed by atoms with Crippen LogP contribution in [0.4, 0.5) is 0 Å². The van der Waals surface area contributed by atoms with E-state index in [-0.39, 0.29) is 19.1 Å². The molecule has 0 spiro atoms. The van der Waals surface area contributed by atoms with Gasteiger partial charge in [0.05, 0.1) is 39.9 Å². The van der Waals surface area contributed by atoms with Crippen LogP contribution in [0, 0.1) is 0 Å². The highest BCUT2D eigenvalue weighted by Crippen LogP contribution is 2.38. The first-order valence-electron chi connectivity index (χ1n) is 31.4. The van der Waals surface area contributed by atoms with Gasteiger partial charge in [0, 0.05) is 6.42 Å². The SMILES string of the molecule is CCCCCCCCCCCCCCCCCCCCCCCCCCCCCCCC(=O)NC(COP(=O)([O-])OCC[N+](C)(C)C)C(O)CCCCCCCCCCCCCCCCCCCCC. The van der Waals surface area contributed by atoms with Gasteiger partial charge in [0.15, 0.2) is 0 Å². The Balaban J connectivity index is 4.02. The monoisotopic (exact) mass is 1010 g/mol. The van der Waals surface area contributed by atoms with Gasteiger partial charge in [-0.3, -0.25) is 9.36 Å². The lowest BCUT2D eigenvalue weighted by Gasteiger charge is -2.30. The van der Waals surface area contributed by atoms with E-state index in [1.807, 2.05) is 21.1 Å². The minimum atomic E-state index is -4.57. The fraction of sp³-hybridized carbons (Fsp3) is 0.984. The number of carbonyl (C=O) groups is 1. The summed E-state index contributed by atoms with van der Waals surface area (Å²) in [5.41, 5.74) is 0.